The Morgan fingerprint density at radius 1 is 1.29 bits per heavy atom. The van der Waals surface area contributed by atoms with Gasteiger partial charge in [0.05, 0.1) is 5.69 Å². The van der Waals surface area contributed by atoms with Crippen LogP contribution in [0.15, 0.2) is 61.3 Å². The van der Waals surface area contributed by atoms with Crippen molar-refractivity contribution in [3.05, 3.63) is 67.0 Å². The molecule has 28 heavy (non-hydrogen) atoms. The fourth-order valence-electron chi connectivity index (χ4n) is 2.51. The molecule has 9 heteroatoms. The molecular formula is C19H16N6O2S. The monoisotopic (exact) mass is 392 g/mol. The van der Waals surface area contributed by atoms with Gasteiger partial charge < -0.3 is 15.4 Å². The van der Waals surface area contributed by atoms with E-state index in [0.29, 0.717) is 28.8 Å². The predicted octanol–water partition coefficient (Wildman–Crippen LogP) is 4.15. The number of aryl methyl sites for hydroxylation is 1. The standard InChI is InChI=1S/C19H16N6O2S/c1-3-16(26)20-13-6-4-7-14(11-13)27-18-15-8-5-9-25(15)23-19(22-18)21-17-10-12(2)24-28-17/h3-11H,1H2,2H3,(H,20,26)(H,21,23). The second kappa shape index (κ2) is 7.49. The lowest BCUT2D eigenvalue weighted by atomic mass is 10.3. The summed E-state index contributed by atoms with van der Waals surface area (Å²) in [7, 11) is 0. The molecule has 4 aromatic rings. The van der Waals surface area contributed by atoms with Gasteiger partial charge in [-0.25, -0.2) is 4.52 Å². The topological polar surface area (TPSA) is 93.4 Å². The first-order chi connectivity index (χ1) is 13.6. The van der Waals surface area contributed by atoms with Crippen molar-refractivity contribution in [2.75, 3.05) is 10.6 Å². The zero-order valence-corrected chi connectivity index (χ0v) is 15.7. The lowest BCUT2D eigenvalue weighted by Crippen LogP contribution is -2.07. The molecule has 4 rings (SSSR count). The highest BCUT2D eigenvalue weighted by Crippen LogP contribution is 2.28. The summed E-state index contributed by atoms with van der Waals surface area (Å²) in [6.45, 7) is 5.37. The van der Waals surface area contributed by atoms with Crippen molar-refractivity contribution in [1.29, 1.82) is 0 Å². The number of carbonyl (C=O) groups excluding carboxylic acids is 1. The van der Waals surface area contributed by atoms with E-state index < -0.39 is 0 Å². The third-order valence-electron chi connectivity index (χ3n) is 3.72. The van der Waals surface area contributed by atoms with E-state index in [2.05, 4.69) is 31.7 Å². The summed E-state index contributed by atoms with van der Waals surface area (Å²) in [6.07, 6.45) is 3.02. The molecular weight excluding hydrogens is 376 g/mol. The summed E-state index contributed by atoms with van der Waals surface area (Å²) in [5.41, 5.74) is 2.23. The van der Waals surface area contributed by atoms with E-state index in [1.807, 2.05) is 31.3 Å². The Bertz CT molecular complexity index is 1170. The number of rotatable bonds is 6. The molecule has 2 N–H and O–H groups in total. The Balaban J connectivity index is 1.64. The molecule has 0 spiro atoms. The van der Waals surface area contributed by atoms with Crippen LogP contribution in [0.3, 0.4) is 0 Å². The Kier molecular flexibility index (Phi) is 4.73. The average molecular weight is 392 g/mol. The first kappa shape index (κ1) is 17.7. The van der Waals surface area contributed by atoms with E-state index in [-0.39, 0.29) is 5.91 Å². The third-order valence-corrected chi connectivity index (χ3v) is 4.52. The number of ether oxygens (including phenoxy) is 1. The van der Waals surface area contributed by atoms with E-state index in [9.17, 15) is 4.79 Å². The summed E-state index contributed by atoms with van der Waals surface area (Å²) in [5, 5.41) is 11.1. The molecule has 1 amide bonds. The maximum atomic E-state index is 11.5. The molecule has 0 aliphatic rings. The van der Waals surface area contributed by atoms with Gasteiger partial charge in [0.2, 0.25) is 17.7 Å². The molecule has 3 heterocycles. The predicted molar refractivity (Wildman–Crippen MR) is 108 cm³/mol. The lowest BCUT2D eigenvalue weighted by molar-refractivity contribution is -0.111. The van der Waals surface area contributed by atoms with Crippen LogP contribution >= 0.6 is 11.5 Å². The van der Waals surface area contributed by atoms with Crippen LogP contribution < -0.4 is 15.4 Å². The number of fused-ring (bicyclic) bond motifs is 1. The van der Waals surface area contributed by atoms with Crippen molar-refractivity contribution in [1.82, 2.24) is 19.0 Å². The number of hydrogen-bond acceptors (Lipinski definition) is 7. The van der Waals surface area contributed by atoms with Crippen molar-refractivity contribution >= 4 is 39.6 Å². The minimum Gasteiger partial charge on any atom is -0.437 e. The fraction of sp³-hybridized carbons (Fsp3) is 0.0526. The van der Waals surface area contributed by atoms with Gasteiger partial charge in [-0.3, -0.25) is 4.79 Å². The third kappa shape index (κ3) is 3.84. The van der Waals surface area contributed by atoms with Gasteiger partial charge >= 0.3 is 0 Å². The van der Waals surface area contributed by atoms with Gasteiger partial charge in [-0.15, -0.1) is 5.10 Å². The molecule has 140 valence electrons. The first-order valence-corrected chi connectivity index (χ1v) is 9.15. The van der Waals surface area contributed by atoms with Gasteiger partial charge in [0, 0.05) is 18.0 Å². The smallest absolute Gasteiger partial charge is 0.249 e. The maximum absolute atomic E-state index is 11.5. The van der Waals surface area contributed by atoms with Crippen LogP contribution in [0.2, 0.25) is 0 Å². The van der Waals surface area contributed by atoms with Gasteiger partial charge in [-0.05, 0) is 54.9 Å². The number of amides is 1. The average Bonchev–Trinajstić information content (AvgIpc) is 3.31. The Labute approximate surface area is 164 Å². The van der Waals surface area contributed by atoms with E-state index in [1.165, 1.54) is 17.6 Å². The summed E-state index contributed by atoms with van der Waals surface area (Å²) in [4.78, 5) is 16.0. The molecule has 0 unspecified atom stereocenters. The number of carbonyl (C=O) groups is 1. The Morgan fingerprint density at radius 3 is 2.96 bits per heavy atom. The first-order valence-electron chi connectivity index (χ1n) is 8.38. The van der Waals surface area contributed by atoms with Crippen molar-refractivity contribution < 1.29 is 9.53 Å². The van der Waals surface area contributed by atoms with Crippen LogP contribution in [-0.4, -0.2) is 24.9 Å². The van der Waals surface area contributed by atoms with Crippen LogP contribution in [0.1, 0.15) is 5.69 Å². The van der Waals surface area contributed by atoms with Crippen LogP contribution in [0.5, 0.6) is 11.6 Å². The largest absolute Gasteiger partial charge is 0.437 e. The molecule has 0 aliphatic heterocycles. The second-order valence-electron chi connectivity index (χ2n) is 5.86. The molecule has 0 saturated carbocycles. The minimum atomic E-state index is -0.292. The highest BCUT2D eigenvalue weighted by atomic mass is 32.1. The summed E-state index contributed by atoms with van der Waals surface area (Å²) in [6, 6.07) is 12.7. The Hall–Kier alpha value is -3.72. The molecule has 3 aromatic heterocycles. The van der Waals surface area contributed by atoms with E-state index in [0.717, 1.165) is 10.7 Å². The van der Waals surface area contributed by atoms with Crippen molar-refractivity contribution in [2.24, 2.45) is 0 Å². The number of nitrogens with one attached hydrogen (secondary N) is 2. The van der Waals surface area contributed by atoms with Crippen LogP contribution in [-0.2, 0) is 4.79 Å². The van der Waals surface area contributed by atoms with Crippen molar-refractivity contribution in [2.45, 2.75) is 6.92 Å². The van der Waals surface area contributed by atoms with Gasteiger partial charge in [0.1, 0.15) is 16.3 Å². The molecule has 0 aliphatic carbocycles. The molecule has 0 fully saturated rings. The molecule has 0 saturated heterocycles. The number of anilines is 3. The zero-order chi connectivity index (χ0) is 19.5. The Morgan fingerprint density at radius 2 is 2.18 bits per heavy atom. The highest BCUT2D eigenvalue weighted by Gasteiger charge is 2.12. The maximum Gasteiger partial charge on any atom is 0.249 e. The van der Waals surface area contributed by atoms with Crippen LogP contribution in [0, 0.1) is 6.92 Å². The molecule has 0 radical (unpaired) electrons. The quantitative estimate of drug-likeness (QED) is 0.479. The van der Waals surface area contributed by atoms with Crippen molar-refractivity contribution in [3.8, 4) is 11.6 Å². The van der Waals surface area contributed by atoms with Gasteiger partial charge in [-0.2, -0.15) is 9.36 Å². The molecule has 1 aromatic carbocycles. The highest BCUT2D eigenvalue weighted by molar-refractivity contribution is 7.10. The molecule has 8 nitrogen and oxygen atoms in total. The number of nitrogens with zero attached hydrogens (tertiary/aromatic N) is 4. The zero-order valence-electron chi connectivity index (χ0n) is 14.9. The van der Waals surface area contributed by atoms with Crippen molar-refractivity contribution in [3.63, 3.8) is 0 Å². The fourth-order valence-corrected chi connectivity index (χ4v) is 3.16. The van der Waals surface area contributed by atoms with Gasteiger partial charge in [0.15, 0.2) is 0 Å². The normalized spacial score (nSPS) is 10.6. The van der Waals surface area contributed by atoms with E-state index >= 15 is 0 Å². The number of benzene rings is 1. The number of aromatic nitrogens is 4. The summed E-state index contributed by atoms with van der Waals surface area (Å²) in [5.74, 6) is 1.01. The molecule has 0 atom stereocenters. The van der Waals surface area contributed by atoms with Crippen LogP contribution in [0.4, 0.5) is 16.6 Å². The van der Waals surface area contributed by atoms with E-state index in [1.54, 1.807) is 28.8 Å². The molecule has 0 bridgehead atoms. The van der Waals surface area contributed by atoms with Gasteiger partial charge in [0.25, 0.3) is 0 Å². The minimum absolute atomic E-state index is 0.292. The van der Waals surface area contributed by atoms with Gasteiger partial charge in [-0.1, -0.05) is 12.6 Å². The lowest BCUT2D eigenvalue weighted by Gasteiger charge is -2.10. The SMILES string of the molecule is C=CC(=O)Nc1cccc(Oc2nc(Nc3cc(C)ns3)nn3cccc23)c1. The number of hydrogen-bond donors (Lipinski definition) is 2. The summed E-state index contributed by atoms with van der Waals surface area (Å²) < 4.78 is 11.9. The second-order valence-corrected chi connectivity index (χ2v) is 6.66. The summed E-state index contributed by atoms with van der Waals surface area (Å²) >= 11 is 1.33. The van der Waals surface area contributed by atoms with Crippen LogP contribution in [0.25, 0.3) is 5.52 Å². The van der Waals surface area contributed by atoms with E-state index in [4.69, 9.17) is 4.74 Å².